The summed E-state index contributed by atoms with van der Waals surface area (Å²) in [4.78, 5) is 17.3. The van der Waals surface area contributed by atoms with Gasteiger partial charge in [-0.05, 0) is 31.6 Å². The number of hydrogen-bond acceptors (Lipinski definition) is 3. The smallest absolute Gasteiger partial charge is 0.235 e. The molecule has 4 nitrogen and oxygen atoms in total. The van der Waals surface area contributed by atoms with Crippen molar-refractivity contribution in [2.24, 2.45) is 17.1 Å². The van der Waals surface area contributed by atoms with Gasteiger partial charge in [-0.1, -0.05) is 12.2 Å². The fourth-order valence-corrected chi connectivity index (χ4v) is 3.08. The third-order valence-corrected chi connectivity index (χ3v) is 4.89. The van der Waals surface area contributed by atoms with E-state index >= 15 is 0 Å². The summed E-state index contributed by atoms with van der Waals surface area (Å²) in [5, 5.41) is 0. The highest BCUT2D eigenvalue weighted by Gasteiger charge is 2.54. The summed E-state index contributed by atoms with van der Waals surface area (Å²) in [7, 11) is 0. The minimum absolute atomic E-state index is 0.182. The van der Waals surface area contributed by atoms with Crippen molar-refractivity contribution in [2.75, 3.05) is 32.7 Å². The van der Waals surface area contributed by atoms with Crippen molar-refractivity contribution in [1.29, 1.82) is 0 Å². The van der Waals surface area contributed by atoms with E-state index in [9.17, 15) is 4.79 Å². The number of hydrogen-bond donors (Lipinski definition) is 1. The molecule has 1 amide bonds. The Bertz CT molecular complexity index is 368. The molecule has 1 aliphatic heterocycles. The molecule has 5 heteroatoms. The molecule has 0 atom stereocenters. The minimum Gasteiger partial charge on any atom is -0.392 e. The molecule has 0 unspecified atom stereocenters. The summed E-state index contributed by atoms with van der Waals surface area (Å²) >= 11 is 5.05. The van der Waals surface area contributed by atoms with E-state index in [0.29, 0.717) is 4.99 Å². The maximum Gasteiger partial charge on any atom is 0.235 e. The Kier molecular flexibility index (Phi) is 3.06. The zero-order chi connectivity index (χ0) is 12.8. The molecule has 3 aliphatic rings. The van der Waals surface area contributed by atoms with Gasteiger partial charge in [-0.25, -0.2) is 0 Å². The van der Waals surface area contributed by atoms with Crippen LogP contribution in [-0.2, 0) is 4.79 Å². The van der Waals surface area contributed by atoms with Crippen LogP contribution in [0.4, 0.5) is 0 Å². The quantitative estimate of drug-likeness (QED) is 0.758. The van der Waals surface area contributed by atoms with Crippen molar-refractivity contribution in [1.82, 2.24) is 9.80 Å². The number of carbonyl (C=O) groups is 1. The second-order valence-corrected chi connectivity index (χ2v) is 6.42. The predicted molar refractivity (Wildman–Crippen MR) is 74.2 cm³/mol. The molecule has 3 rings (SSSR count). The molecule has 2 saturated carbocycles. The first-order chi connectivity index (χ1) is 8.62. The van der Waals surface area contributed by atoms with Gasteiger partial charge in [-0.3, -0.25) is 9.69 Å². The van der Waals surface area contributed by atoms with Crippen LogP contribution >= 0.6 is 12.2 Å². The number of nitrogens with two attached hydrogens (primary N) is 1. The molecular weight excluding hydrogens is 246 g/mol. The van der Waals surface area contributed by atoms with E-state index in [-0.39, 0.29) is 5.91 Å². The first kappa shape index (κ1) is 12.4. The lowest BCUT2D eigenvalue weighted by Crippen LogP contribution is -2.52. The minimum atomic E-state index is -0.464. The number of nitrogens with zero attached hydrogens (tertiary/aromatic N) is 2. The van der Waals surface area contributed by atoms with E-state index in [4.69, 9.17) is 18.0 Å². The molecule has 1 heterocycles. The number of piperazine rings is 1. The molecule has 0 radical (unpaired) electrons. The van der Waals surface area contributed by atoms with Gasteiger partial charge in [0.2, 0.25) is 5.91 Å². The average Bonchev–Trinajstić information content (AvgIpc) is 3.24. The molecule has 2 aliphatic carbocycles. The van der Waals surface area contributed by atoms with E-state index in [0.717, 1.165) is 44.9 Å². The predicted octanol–water partition coefficient (Wildman–Crippen LogP) is 0.607. The number of thiocarbonyl (C=S) groups is 1. The summed E-state index contributed by atoms with van der Waals surface area (Å²) in [6.45, 7) is 4.93. The van der Waals surface area contributed by atoms with E-state index < -0.39 is 5.41 Å². The van der Waals surface area contributed by atoms with Crippen LogP contribution in [0, 0.1) is 11.3 Å². The fraction of sp³-hybridized carbons (Fsp3) is 0.846. The van der Waals surface area contributed by atoms with Crippen molar-refractivity contribution in [3.05, 3.63) is 0 Å². The summed E-state index contributed by atoms with van der Waals surface area (Å²) in [5.74, 6) is 1.11. The summed E-state index contributed by atoms with van der Waals surface area (Å²) in [6, 6.07) is 0. The standard InChI is InChI=1S/C13H21N3OS/c14-11(18)13(3-4-13)12(17)16-7-5-15(6-8-16)9-10-1-2-10/h10H,1-9H2,(H2,14,18). The monoisotopic (exact) mass is 267 g/mol. The Hall–Kier alpha value is -0.680. The van der Waals surface area contributed by atoms with Crippen LogP contribution in [0.25, 0.3) is 0 Å². The van der Waals surface area contributed by atoms with E-state index in [1.807, 2.05) is 4.90 Å². The third-order valence-electron chi connectivity index (χ3n) is 4.50. The van der Waals surface area contributed by atoms with Gasteiger partial charge in [0.05, 0.1) is 10.4 Å². The topological polar surface area (TPSA) is 49.6 Å². The zero-order valence-electron chi connectivity index (χ0n) is 10.7. The van der Waals surface area contributed by atoms with Gasteiger partial charge in [0.25, 0.3) is 0 Å². The Labute approximate surface area is 113 Å². The Morgan fingerprint density at radius 1 is 1.22 bits per heavy atom. The molecule has 18 heavy (non-hydrogen) atoms. The summed E-state index contributed by atoms with van der Waals surface area (Å²) in [6.07, 6.45) is 4.49. The van der Waals surface area contributed by atoms with Crippen molar-refractivity contribution < 1.29 is 4.79 Å². The lowest BCUT2D eigenvalue weighted by Gasteiger charge is -2.36. The van der Waals surface area contributed by atoms with Crippen LogP contribution in [0.3, 0.4) is 0 Å². The second-order valence-electron chi connectivity index (χ2n) is 5.98. The van der Waals surface area contributed by atoms with Crippen molar-refractivity contribution in [3.63, 3.8) is 0 Å². The van der Waals surface area contributed by atoms with E-state index in [2.05, 4.69) is 4.90 Å². The number of amides is 1. The molecule has 3 fully saturated rings. The SMILES string of the molecule is NC(=S)C1(C(=O)N2CCN(CC3CC3)CC2)CC1. The highest BCUT2D eigenvalue weighted by molar-refractivity contribution is 7.80. The average molecular weight is 267 g/mol. The van der Waals surface area contributed by atoms with Gasteiger partial charge in [0.15, 0.2) is 0 Å². The van der Waals surface area contributed by atoms with E-state index in [1.54, 1.807) is 0 Å². The van der Waals surface area contributed by atoms with Gasteiger partial charge >= 0.3 is 0 Å². The van der Waals surface area contributed by atoms with Crippen LogP contribution in [0.5, 0.6) is 0 Å². The van der Waals surface area contributed by atoms with Crippen molar-refractivity contribution in [2.45, 2.75) is 25.7 Å². The highest BCUT2D eigenvalue weighted by atomic mass is 32.1. The lowest BCUT2D eigenvalue weighted by molar-refractivity contribution is -0.136. The fourth-order valence-electron chi connectivity index (χ4n) is 2.79. The van der Waals surface area contributed by atoms with Crippen LogP contribution in [0.15, 0.2) is 0 Å². The highest BCUT2D eigenvalue weighted by Crippen LogP contribution is 2.47. The van der Waals surface area contributed by atoms with Gasteiger partial charge in [0.1, 0.15) is 0 Å². The lowest BCUT2D eigenvalue weighted by atomic mass is 10.1. The first-order valence-corrected chi connectivity index (χ1v) is 7.34. The summed E-state index contributed by atoms with van der Waals surface area (Å²) < 4.78 is 0. The van der Waals surface area contributed by atoms with Crippen LogP contribution in [0.1, 0.15) is 25.7 Å². The van der Waals surface area contributed by atoms with Gasteiger partial charge in [0, 0.05) is 32.7 Å². The van der Waals surface area contributed by atoms with Gasteiger partial charge in [-0.15, -0.1) is 0 Å². The molecule has 2 N–H and O–H groups in total. The van der Waals surface area contributed by atoms with Crippen molar-refractivity contribution in [3.8, 4) is 0 Å². The van der Waals surface area contributed by atoms with Crippen LogP contribution < -0.4 is 5.73 Å². The molecule has 0 bridgehead atoms. The van der Waals surface area contributed by atoms with Crippen LogP contribution in [-0.4, -0.2) is 53.4 Å². The molecule has 0 aromatic rings. The van der Waals surface area contributed by atoms with Crippen LogP contribution in [0.2, 0.25) is 0 Å². The molecule has 1 saturated heterocycles. The number of carbonyl (C=O) groups excluding carboxylic acids is 1. The largest absolute Gasteiger partial charge is 0.392 e. The normalized spacial score (nSPS) is 27.0. The Balaban J connectivity index is 1.52. The maximum atomic E-state index is 12.4. The Morgan fingerprint density at radius 3 is 2.28 bits per heavy atom. The maximum absolute atomic E-state index is 12.4. The molecule has 0 spiro atoms. The van der Waals surface area contributed by atoms with Gasteiger partial charge in [-0.2, -0.15) is 0 Å². The van der Waals surface area contributed by atoms with E-state index in [1.165, 1.54) is 19.4 Å². The first-order valence-electron chi connectivity index (χ1n) is 6.93. The molecule has 0 aromatic heterocycles. The molecule has 0 aromatic carbocycles. The zero-order valence-corrected chi connectivity index (χ0v) is 11.5. The Morgan fingerprint density at radius 2 is 1.83 bits per heavy atom. The molecule has 100 valence electrons. The third kappa shape index (κ3) is 2.26. The van der Waals surface area contributed by atoms with Gasteiger partial charge < -0.3 is 10.6 Å². The summed E-state index contributed by atoms with van der Waals surface area (Å²) in [5.41, 5.74) is 5.25. The molecular formula is C13H21N3OS. The van der Waals surface area contributed by atoms with Crippen molar-refractivity contribution >= 4 is 23.1 Å². The second kappa shape index (κ2) is 4.46. The number of rotatable bonds is 4.